The average Bonchev–Trinajstić information content (AvgIpc) is 3.12. The number of H-pyrrole nitrogens is 1. The highest BCUT2D eigenvalue weighted by Gasteiger charge is 2.33. The second-order valence-electron chi connectivity index (χ2n) is 10.2. The van der Waals surface area contributed by atoms with Crippen LogP contribution in [0.2, 0.25) is 0 Å². The molecule has 0 bridgehead atoms. The molecule has 8 heteroatoms. The number of benzene rings is 1. The highest BCUT2D eigenvalue weighted by Crippen LogP contribution is 2.38. The number of carbonyl (C=O) groups excluding carboxylic acids is 1. The zero-order valence-corrected chi connectivity index (χ0v) is 21.1. The molecule has 1 saturated carbocycles. The smallest absolute Gasteiger partial charge is 0.415 e. The SMILES string of the molecule is CC(C)(C)OC(=O)N1CC=C(Cl)C([C@H]2CC[C@H](Oc3ccccc3)CC2)=c2[nH]c3c(c21)CN=NC=3. The van der Waals surface area contributed by atoms with Crippen molar-refractivity contribution in [2.75, 3.05) is 11.4 Å². The number of aromatic amines is 1. The van der Waals surface area contributed by atoms with Gasteiger partial charge in [-0.25, -0.2) is 4.79 Å². The molecular weight excluding hydrogens is 464 g/mol. The number of para-hydroxylation sites is 1. The number of allylic oxidation sites excluding steroid dienone is 1. The Balaban J connectivity index is 1.50. The minimum Gasteiger partial charge on any atom is -0.490 e. The molecule has 0 radical (unpaired) electrons. The van der Waals surface area contributed by atoms with E-state index in [9.17, 15) is 4.79 Å². The monoisotopic (exact) mass is 494 g/mol. The Morgan fingerprint density at radius 2 is 1.89 bits per heavy atom. The molecule has 1 aromatic heterocycles. The third kappa shape index (κ3) is 5.01. The zero-order valence-electron chi connectivity index (χ0n) is 20.4. The molecule has 1 aliphatic carbocycles. The van der Waals surface area contributed by atoms with Gasteiger partial charge in [0.2, 0.25) is 0 Å². The second-order valence-corrected chi connectivity index (χ2v) is 10.7. The van der Waals surface area contributed by atoms with Crippen LogP contribution in [0.25, 0.3) is 11.8 Å². The number of nitrogens with zero attached hydrogens (tertiary/aromatic N) is 3. The fraction of sp³-hybridized carbons (Fsp3) is 0.444. The number of fused-ring (bicyclic) bond motifs is 3. The molecule has 0 unspecified atom stereocenters. The van der Waals surface area contributed by atoms with Gasteiger partial charge in [0.1, 0.15) is 11.4 Å². The van der Waals surface area contributed by atoms with Gasteiger partial charge in [0, 0.05) is 17.1 Å². The predicted molar refractivity (Wildman–Crippen MR) is 137 cm³/mol. The van der Waals surface area contributed by atoms with E-state index in [2.05, 4.69) is 15.2 Å². The van der Waals surface area contributed by atoms with E-state index in [1.165, 1.54) is 0 Å². The molecular formula is C27H31ClN4O3. The van der Waals surface area contributed by atoms with E-state index in [-0.39, 0.29) is 12.0 Å². The number of hydrogen-bond donors (Lipinski definition) is 1. The fourth-order valence-electron chi connectivity index (χ4n) is 5.06. The lowest BCUT2D eigenvalue weighted by molar-refractivity contribution is 0.0584. The van der Waals surface area contributed by atoms with E-state index in [0.717, 1.165) is 59.0 Å². The Labute approximate surface area is 210 Å². The number of amides is 1. The molecule has 0 atom stereocenters. The van der Waals surface area contributed by atoms with Gasteiger partial charge in [-0.2, -0.15) is 10.2 Å². The van der Waals surface area contributed by atoms with Crippen molar-refractivity contribution in [3.05, 3.63) is 57.7 Å². The molecule has 2 aromatic rings. The Hall–Kier alpha value is -3.06. The first-order valence-electron chi connectivity index (χ1n) is 12.2. The molecule has 1 fully saturated rings. The van der Waals surface area contributed by atoms with Crippen molar-refractivity contribution in [2.24, 2.45) is 16.1 Å². The Morgan fingerprint density at radius 1 is 1.14 bits per heavy atom. The van der Waals surface area contributed by atoms with Crippen LogP contribution in [0, 0.1) is 5.92 Å². The first kappa shape index (κ1) is 23.7. The minimum absolute atomic E-state index is 0.184. The standard InChI is InChI=1S/C27H31ClN4O3/c1-27(2,3)35-26(33)32-14-13-21(28)23(24-25(32)20-15-29-30-16-22(20)31-24)17-9-11-19(12-10-17)34-18-7-5-4-6-8-18/h4-8,13,16-17,19,31H,9-12,14-15H2,1-3H3/t17-,19-. The van der Waals surface area contributed by atoms with Crippen molar-refractivity contribution in [1.82, 2.24) is 4.98 Å². The number of hydrogen-bond acceptors (Lipinski definition) is 5. The number of ether oxygens (including phenoxy) is 2. The summed E-state index contributed by atoms with van der Waals surface area (Å²) in [6.07, 6.45) is 7.19. The summed E-state index contributed by atoms with van der Waals surface area (Å²) >= 11 is 6.92. The predicted octanol–water partition coefficient (Wildman–Crippen LogP) is 5.38. The number of carbonyl (C=O) groups is 1. The Kier molecular flexibility index (Phi) is 6.45. The molecule has 0 saturated heterocycles. The third-order valence-electron chi connectivity index (χ3n) is 6.60. The van der Waals surface area contributed by atoms with E-state index in [0.29, 0.717) is 18.1 Å². The number of aromatic nitrogens is 1. The summed E-state index contributed by atoms with van der Waals surface area (Å²) in [4.78, 5) is 18.4. The maximum Gasteiger partial charge on any atom is 0.415 e. The highest BCUT2D eigenvalue weighted by atomic mass is 35.5. The van der Waals surface area contributed by atoms with Crippen LogP contribution in [0.4, 0.5) is 10.5 Å². The summed E-state index contributed by atoms with van der Waals surface area (Å²) in [5.74, 6) is 1.16. The van der Waals surface area contributed by atoms with Gasteiger partial charge in [-0.3, -0.25) is 4.90 Å². The van der Waals surface area contributed by atoms with Gasteiger partial charge in [0.05, 0.1) is 35.2 Å². The Morgan fingerprint density at radius 3 is 2.60 bits per heavy atom. The molecule has 1 amide bonds. The molecule has 0 spiro atoms. The molecule has 5 rings (SSSR count). The second kappa shape index (κ2) is 9.53. The van der Waals surface area contributed by atoms with Crippen molar-refractivity contribution >= 4 is 35.2 Å². The van der Waals surface area contributed by atoms with Crippen LogP contribution in [0.3, 0.4) is 0 Å². The largest absolute Gasteiger partial charge is 0.490 e. The molecule has 1 aromatic carbocycles. The van der Waals surface area contributed by atoms with Crippen LogP contribution in [0.5, 0.6) is 5.75 Å². The number of rotatable bonds is 3. The van der Waals surface area contributed by atoms with Gasteiger partial charge < -0.3 is 14.5 Å². The maximum absolute atomic E-state index is 13.2. The quantitative estimate of drug-likeness (QED) is 0.621. The number of nitrogens with one attached hydrogen (secondary N) is 1. The van der Waals surface area contributed by atoms with Crippen molar-refractivity contribution in [2.45, 2.75) is 64.7 Å². The van der Waals surface area contributed by atoms with Gasteiger partial charge in [0.15, 0.2) is 0 Å². The summed E-state index contributed by atoms with van der Waals surface area (Å²) in [6.45, 7) is 6.34. The Bertz CT molecular complexity index is 1280. The van der Waals surface area contributed by atoms with Gasteiger partial charge in [-0.15, -0.1) is 0 Å². The first-order valence-corrected chi connectivity index (χ1v) is 12.6. The number of azo groups is 1. The molecule has 2 aliphatic heterocycles. The van der Waals surface area contributed by atoms with Gasteiger partial charge >= 0.3 is 6.09 Å². The van der Waals surface area contributed by atoms with Gasteiger partial charge in [-0.1, -0.05) is 29.8 Å². The minimum atomic E-state index is -0.608. The van der Waals surface area contributed by atoms with E-state index < -0.39 is 11.7 Å². The lowest BCUT2D eigenvalue weighted by atomic mass is 9.81. The fourth-order valence-corrected chi connectivity index (χ4v) is 5.37. The topological polar surface area (TPSA) is 79.3 Å². The van der Waals surface area contributed by atoms with Crippen LogP contribution in [0.15, 0.2) is 51.7 Å². The lowest BCUT2D eigenvalue weighted by Crippen LogP contribution is -2.39. The summed E-state index contributed by atoms with van der Waals surface area (Å²) in [5.41, 5.74) is 2.18. The zero-order chi connectivity index (χ0) is 24.6. The molecule has 35 heavy (non-hydrogen) atoms. The van der Waals surface area contributed by atoms with Gasteiger partial charge in [-0.05, 0) is 76.2 Å². The average molecular weight is 495 g/mol. The van der Waals surface area contributed by atoms with Gasteiger partial charge in [0.25, 0.3) is 0 Å². The third-order valence-corrected chi connectivity index (χ3v) is 6.95. The van der Waals surface area contributed by atoms with E-state index in [1.807, 2.05) is 57.2 Å². The first-order chi connectivity index (χ1) is 16.8. The number of halogens is 1. The molecule has 3 aliphatic rings. The summed E-state index contributed by atoms with van der Waals surface area (Å²) in [5, 5.41) is 10.7. The summed E-state index contributed by atoms with van der Waals surface area (Å²) < 4.78 is 12.0. The van der Waals surface area contributed by atoms with E-state index in [4.69, 9.17) is 21.1 Å². The molecule has 184 valence electrons. The normalized spacial score (nSPS) is 21.9. The van der Waals surface area contributed by atoms with Crippen LogP contribution in [-0.4, -0.2) is 29.3 Å². The maximum atomic E-state index is 13.2. The van der Waals surface area contributed by atoms with Crippen LogP contribution >= 0.6 is 11.6 Å². The molecule has 3 heterocycles. The van der Waals surface area contributed by atoms with Crippen molar-refractivity contribution in [3.8, 4) is 5.75 Å². The van der Waals surface area contributed by atoms with Crippen LogP contribution in [-0.2, 0) is 11.3 Å². The summed E-state index contributed by atoms with van der Waals surface area (Å²) in [6, 6.07) is 9.98. The van der Waals surface area contributed by atoms with E-state index >= 15 is 0 Å². The van der Waals surface area contributed by atoms with Crippen LogP contribution < -0.4 is 20.3 Å². The summed E-state index contributed by atoms with van der Waals surface area (Å²) in [7, 11) is 0. The van der Waals surface area contributed by atoms with Crippen LogP contribution in [0.1, 0.15) is 52.0 Å². The van der Waals surface area contributed by atoms with Crippen molar-refractivity contribution in [1.29, 1.82) is 0 Å². The van der Waals surface area contributed by atoms with Crippen molar-refractivity contribution in [3.63, 3.8) is 0 Å². The number of anilines is 1. The molecule has 7 nitrogen and oxygen atoms in total. The van der Waals surface area contributed by atoms with Crippen molar-refractivity contribution < 1.29 is 14.3 Å². The molecule has 1 N–H and O–H groups in total. The highest BCUT2D eigenvalue weighted by molar-refractivity contribution is 6.36. The van der Waals surface area contributed by atoms with E-state index in [1.54, 1.807) is 11.1 Å². The lowest BCUT2D eigenvalue weighted by Gasteiger charge is -2.30.